The van der Waals surface area contributed by atoms with E-state index in [1.807, 2.05) is 0 Å². The van der Waals surface area contributed by atoms with E-state index in [4.69, 9.17) is 11.6 Å². The topological polar surface area (TPSA) is 0 Å². The highest BCUT2D eigenvalue weighted by molar-refractivity contribution is 7.83. The molecular weight excluding hydrogens is 200 g/mol. The molecule has 0 radical (unpaired) electrons. The Morgan fingerprint density at radius 3 is 2.77 bits per heavy atom. The molecule has 1 aromatic carbocycles. The SMILES string of the molecule is CCc1ccc(C)c(/C(Cl)=C\S)c1. The lowest BCUT2D eigenvalue weighted by molar-refractivity contribution is 1.13. The van der Waals surface area contributed by atoms with Crippen LogP contribution < -0.4 is 0 Å². The molecule has 0 unspecified atom stereocenters. The molecule has 0 nitrogen and oxygen atoms in total. The summed E-state index contributed by atoms with van der Waals surface area (Å²) in [7, 11) is 0. The van der Waals surface area contributed by atoms with Gasteiger partial charge in [0.15, 0.2) is 0 Å². The number of rotatable bonds is 2. The molecule has 0 fully saturated rings. The van der Waals surface area contributed by atoms with E-state index in [-0.39, 0.29) is 0 Å². The van der Waals surface area contributed by atoms with Gasteiger partial charge in [-0.3, -0.25) is 0 Å². The molecule has 0 amide bonds. The molecule has 1 aromatic rings. The molecule has 13 heavy (non-hydrogen) atoms. The summed E-state index contributed by atoms with van der Waals surface area (Å²) in [5.41, 5.74) is 3.57. The van der Waals surface area contributed by atoms with E-state index in [1.165, 1.54) is 11.1 Å². The van der Waals surface area contributed by atoms with E-state index in [9.17, 15) is 0 Å². The minimum absolute atomic E-state index is 0.705. The first-order valence-corrected chi connectivity index (χ1v) is 5.18. The van der Waals surface area contributed by atoms with Crippen LogP contribution in [0.1, 0.15) is 23.6 Å². The van der Waals surface area contributed by atoms with Crippen LogP contribution in [-0.2, 0) is 6.42 Å². The van der Waals surface area contributed by atoms with Crippen molar-refractivity contribution in [2.75, 3.05) is 0 Å². The minimum atomic E-state index is 0.705. The predicted molar refractivity (Wildman–Crippen MR) is 63.4 cm³/mol. The maximum Gasteiger partial charge on any atom is 0.0541 e. The van der Waals surface area contributed by atoms with Crippen molar-refractivity contribution in [3.05, 3.63) is 40.3 Å². The summed E-state index contributed by atoms with van der Waals surface area (Å²) >= 11 is 10.1. The van der Waals surface area contributed by atoms with Gasteiger partial charge in [-0.2, -0.15) is 0 Å². The van der Waals surface area contributed by atoms with Crippen molar-refractivity contribution in [3.8, 4) is 0 Å². The highest BCUT2D eigenvalue weighted by atomic mass is 35.5. The number of hydrogen-bond acceptors (Lipinski definition) is 1. The number of thiol groups is 1. The fourth-order valence-corrected chi connectivity index (χ4v) is 1.56. The zero-order chi connectivity index (χ0) is 9.84. The van der Waals surface area contributed by atoms with Gasteiger partial charge in [0.2, 0.25) is 0 Å². The highest BCUT2D eigenvalue weighted by Gasteiger charge is 2.02. The molecule has 1 rings (SSSR count). The minimum Gasteiger partial charge on any atom is -0.150 e. The second-order valence-electron chi connectivity index (χ2n) is 2.98. The van der Waals surface area contributed by atoms with E-state index in [1.54, 1.807) is 5.41 Å². The first-order chi connectivity index (χ1) is 6.19. The van der Waals surface area contributed by atoms with Crippen molar-refractivity contribution in [1.29, 1.82) is 0 Å². The molecule has 70 valence electrons. The van der Waals surface area contributed by atoms with E-state index in [2.05, 4.69) is 44.7 Å². The lowest BCUT2D eigenvalue weighted by Crippen LogP contribution is -1.87. The van der Waals surface area contributed by atoms with E-state index < -0.39 is 0 Å². The van der Waals surface area contributed by atoms with Crippen molar-refractivity contribution in [3.63, 3.8) is 0 Å². The van der Waals surface area contributed by atoms with Crippen LogP contribution in [0.2, 0.25) is 0 Å². The average Bonchev–Trinajstić information content (AvgIpc) is 2.17. The van der Waals surface area contributed by atoms with Gasteiger partial charge in [-0.1, -0.05) is 30.7 Å². The summed E-state index contributed by atoms with van der Waals surface area (Å²) < 4.78 is 0. The zero-order valence-corrected chi connectivity index (χ0v) is 9.49. The number of aryl methyl sites for hydroxylation is 2. The standard InChI is InChI=1S/C11H13ClS/c1-3-9-5-4-8(2)10(6-9)11(12)7-13/h4-7,13H,3H2,1-2H3/b11-7+. The quantitative estimate of drug-likeness (QED) is 0.704. The van der Waals surface area contributed by atoms with Gasteiger partial charge in [0, 0.05) is 0 Å². The third kappa shape index (κ3) is 2.52. The van der Waals surface area contributed by atoms with Crippen molar-refractivity contribution in [2.24, 2.45) is 0 Å². The van der Waals surface area contributed by atoms with Crippen LogP contribution in [0.5, 0.6) is 0 Å². The predicted octanol–water partition coefficient (Wildman–Crippen LogP) is 4.02. The van der Waals surface area contributed by atoms with Crippen LogP contribution in [0.15, 0.2) is 23.6 Å². The van der Waals surface area contributed by atoms with Crippen molar-refractivity contribution in [2.45, 2.75) is 20.3 Å². The summed E-state index contributed by atoms with van der Waals surface area (Å²) in [6.07, 6.45) is 1.03. The Labute approximate surface area is 90.0 Å². The second kappa shape index (κ2) is 4.73. The van der Waals surface area contributed by atoms with Gasteiger partial charge in [-0.25, -0.2) is 0 Å². The molecule has 0 saturated heterocycles. The lowest BCUT2D eigenvalue weighted by Gasteiger charge is -2.06. The summed E-state index contributed by atoms with van der Waals surface area (Å²) in [5, 5.41) is 2.33. The van der Waals surface area contributed by atoms with Gasteiger partial charge in [0.1, 0.15) is 0 Å². The van der Waals surface area contributed by atoms with Crippen molar-refractivity contribution in [1.82, 2.24) is 0 Å². The van der Waals surface area contributed by atoms with Gasteiger partial charge in [0.05, 0.1) is 5.03 Å². The lowest BCUT2D eigenvalue weighted by atomic mass is 10.0. The van der Waals surface area contributed by atoms with Crippen LogP contribution in [-0.4, -0.2) is 0 Å². The van der Waals surface area contributed by atoms with Crippen LogP contribution in [0, 0.1) is 6.92 Å². The van der Waals surface area contributed by atoms with E-state index in [0.717, 1.165) is 12.0 Å². The molecule has 0 saturated carbocycles. The molecule has 0 atom stereocenters. The molecular formula is C11H13ClS. The van der Waals surface area contributed by atoms with Crippen molar-refractivity contribution >= 4 is 29.3 Å². The molecule has 0 aliphatic carbocycles. The second-order valence-corrected chi connectivity index (χ2v) is 3.65. The summed E-state index contributed by atoms with van der Waals surface area (Å²) in [6.45, 7) is 4.18. The summed E-state index contributed by atoms with van der Waals surface area (Å²) in [6, 6.07) is 6.33. The number of benzene rings is 1. The fourth-order valence-electron chi connectivity index (χ4n) is 1.22. The third-order valence-corrected chi connectivity index (χ3v) is 2.80. The Kier molecular flexibility index (Phi) is 3.89. The Hall–Kier alpha value is -0.400. The monoisotopic (exact) mass is 212 g/mol. The molecule has 0 aliphatic rings. The maximum absolute atomic E-state index is 6.01. The largest absolute Gasteiger partial charge is 0.150 e. The van der Waals surface area contributed by atoms with Gasteiger partial charge in [0.25, 0.3) is 0 Å². The molecule has 0 N–H and O–H groups in total. The fraction of sp³-hybridized carbons (Fsp3) is 0.273. The molecule has 0 aliphatic heterocycles. The zero-order valence-electron chi connectivity index (χ0n) is 7.84. The summed E-state index contributed by atoms with van der Waals surface area (Å²) in [4.78, 5) is 0. The van der Waals surface area contributed by atoms with Gasteiger partial charge in [-0.05, 0) is 41.5 Å². The highest BCUT2D eigenvalue weighted by Crippen LogP contribution is 2.24. The van der Waals surface area contributed by atoms with Crippen LogP contribution in [0.3, 0.4) is 0 Å². The van der Waals surface area contributed by atoms with Gasteiger partial charge < -0.3 is 0 Å². The maximum atomic E-state index is 6.01. The smallest absolute Gasteiger partial charge is 0.0541 e. The first-order valence-electron chi connectivity index (χ1n) is 4.28. The van der Waals surface area contributed by atoms with Gasteiger partial charge in [-0.15, -0.1) is 12.6 Å². The average molecular weight is 213 g/mol. The van der Waals surface area contributed by atoms with Crippen molar-refractivity contribution < 1.29 is 0 Å². The Balaban J connectivity index is 3.19. The van der Waals surface area contributed by atoms with Crippen LogP contribution in [0.4, 0.5) is 0 Å². The Morgan fingerprint density at radius 1 is 1.54 bits per heavy atom. The van der Waals surface area contributed by atoms with Gasteiger partial charge >= 0.3 is 0 Å². The van der Waals surface area contributed by atoms with Crippen LogP contribution >= 0.6 is 24.2 Å². The van der Waals surface area contributed by atoms with Crippen LogP contribution in [0.25, 0.3) is 5.03 Å². The molecule has 0 heterocycles. The first kappa shape index (κ1) is 10.7. The number of halogens is 1. The Bertz CT molecular complexity index is 329. The van der Waals surface area contributed by atoms with E-state index >= 15 is 0 Å². The molecule has 2 heteroatoms. The molecule has 0 aromatic heterocycles. The Morgan fingerprint density at radius 2 is 2.23 bits per heavy atom. The number of hydrogen-bond donors (Lipinski definition) is 1. The molecule has 0 bridgehead atoms. The normalized spacial score (nSPS) is 11.8. The summed E-state index contributed by atoms with van der Waals surface area (Å²) in [5.74, 6) is 0. The molecule has 0 spiro atoms. The van der Waals surface area contributed by atoms with E-state index in [0.29, 0.717) is 5.03 Å². The third-order valence-electron chi connectivity index (χ3n) is 2.08.